The van der Waals surface area contributed by atoms with Gasteiger partial charge >= 0.3 is 6.09 Å². The van der Waals surface area contributed by atoms with Crippen molar-refractivity contribution < 1.29 is 14.3 Å². The van der Waals surface area contributed by atoms with Crippen LogP contribution < -0.4 is 5.32 Å². The molecule has 0 radical (unpaired) electrons. The summed E-state index contributed by atoms with van der Waals surface area (Å²) in [7, 11) is 0. The Hall–Kier alpha value is -1.56. The van der Waals surface area contributed by atoms with Crippen LogP contribution in [0, 0.1) is 12.8 Å². The van der Waals surface area contributed by atoms with Crippen molar-refractivity contribution in [1.29, 1.82) is 0 Å². The summed E-state index contributed by atoms with van der Waals surface area (Å²) in [4.78, 5) is 26.3. The lowest BCUT2D eigenvalue weighted by atomic mass is 9.96. The second-order valence-electron chi connectivity index (χ2n) is 7.60. The molecule has 1 aromatic rings. The molecular weight excluding hydrogens is 384 g/mol. The van der Waals surface area contributed by atoms with Crippen LogP contribution in [-0.2, 0) is 4.74 Å². The van der Waals surface area contributed by atoms with E-state index in [1.54, 1.807) is 0 Å². The average molecular weight is 411 g/mol. The molecule has 0 saturated carbocycles. The number of ether oxygens (including phenoxy) is 1. The van der Waals surface area contributed by atoms with Gasteiger partial charge in [-0.3, -0.25) is 4.79 Å². The number of rotatable bonds is 3. The molecule has 1 N–H and O–H groups in total. The summed E-state index contributed by atoms with van der Waals surface area (Å²) >= 11 is 3.47. The number of amides is 2. The third-order valence-corrected chi connectivity index (χ3v) is 4.88. The summed E-state index contributed by atoms with van der Waals surface area (Å²) in [6, 6.07) is 5.82. The van der Waals surface area contributed by atoms with Gasteiger partial charge in [-0.2, -0.15) is 0 Å². The van der Waals surface area contributed by atoms with E-state index in [0.29, 0.717) is 31.1 Å². The van der Waals surface area contributed by atoms with Gasteiger partial charge in [0.15, 0.2) is 0 Å². The quantitative estimate of drug-likeness (QED) is 0.814. The Bertz CT molecular complexity index is 632. The SMILES string of the molecule is Cc1ccc(Br)c(C(=O)N2CCC(CNC(=O)OC(C)(C)C)CC2)c1. The zero-order chi connectivity index (χ0) is 18.6. The number of aryl methyl sites for hydroxylation is 1. The Kier molecular flexibility index (Phi) is 6.49. The number of hydrogen-bond acceptors (Lipinski definition) is 3. The van der Waals surface area contributed by atoms with E-state index in [-0.39, 0.29) is 12.0 Å². The minimum absolute atomic E-state index is 0.0640. The molecular formula is C19H27BrN2O3. The highest BCUT2D eigenvalue weighted by Gasteiger charge is 2.25. The number of carbonyl (C=O) groups excluding carboxylic acids is 2. The molecule has 0 spiro atoms. The first-order valence-corrected chi connectivity index (χ1v) is 9.47. The molecule has 138 valence electrons. The van der Waals surface area contributed by atoms with Crippen molar-refractivity contribution in [2.24, 2.45) is 5.92 Å². The molecule has 1 heterocycles. The average Bonchev–Trinajstić information content (AvgIpc) is 2.53. The maximum absolute atomic E-state index is 12.7. The molecule has 0 bridgehead atoms. The second kappa shape index (κ2) is 8.21. The largest absolute Gasteiger partial charge is 0.444 e. The van der Waals surface area contributed by atoms with Crippen LogP contribution in [-0.4, -0.2) is 42.1 Å². The van der Waals surface area contributed by atoms with Gasteiger partial charge < -0.3 is 15.0 Å². The molecule has 0 aromatic heterocycles. The Morgan fingerprint density at radius 2 is 1.92 bits per heavy atom. The van der Waals surface area contributed by atoms with E-state index >= 15 is 0 Å². The summed E-state index contributed by atoms with van der Waals surface area (Å²) in [5, 5.41) is 2.83. The first-order chi connectivity index (χ1) is 11.7. The van der Waals surface area contributed by atoms with E-state index < -0.39 is 5.60 Å². The van der Waals surface area contributed by atoms with Crippen molar-refractivity contribution in [3.63, 3.8) is 0 Å². The van der Waals surface area contributed by atoms with E-state index in [1.807, 2.05) is 50.8 Å². The standard InChI is InChI=1S/C19H27BrN2O3/c1-13-5-6-16(20)15(11-13)17(23)22-9-7-14(8-10-22)12-21-18(24)25-19(2,3)4/h5-6,11,14H,7-10,12H2,1-4H3,(H,21,24). The van der Waals surface area contributed by atoms with Gasteiger partial charge in [0, 0.05) is 24.1 Å². The van der Waals surface area contributed by atoms with Crippen molar-refractivity contribution in [3.8, 4) is 0 Å². The van der Waals surface area contributed by atoms with E-state index in [9.17, 15) is 9.59 Å². The van der Waals surface area contributed by atoms with Crippen molar-refractivity contribution >= 4 is 27.9 Å². The number of halogens is 1. The van der Waals surface area contributed by atoms with Gasteiger partial charge in [-0.05, 0) is 74.5 Å². The Balaban J connectivity index is 1.82. The second-order valence-corrected chi connectivity index (χ2v) is 8.46. The van der Waals surface area contributed by atoms with Gasteiger partial charge in [0.1, 0.15) is 5.60 Å². The number of carbonyl (C=O) groups is 2. The molecule has 6 heteroatoms. The summed E-state index contributed by atoms with van der Waals surface area (Å²) in [6.07, 6.45) is 1.38. The maximum Gasteiger partial charge on any atom is 0.407 e. The Morgan fingerprint density at radius 3 is 2.52 bits per heavy atom. The third-order valence-electron chi connectivity index (χ3n) is 4.19. The minimum atomic E-state index is -0.485. The van der Waals surface area contributed by atoms with E-state index in [4.69, 9.17) is 4.74 Å². The van der Waals surface area contributed by atoms with Crippen LogP contribution in [0.1, 0.15) is 49.5 Å². The third kappa shape index (κ3) is 6.03. The van der Waals surface area contributed by atoms with Gasteiger partial charge in [-0.1, -0.05) is 11.6 Å². The monoisotopic (exact) mass is 410 g/mol. The first-order valence-electron chi connectivity index (χ1n) is 8.68. The molecule has 2 rings (SSSR count). The topological polar surface area (TPSA) is 58.6 Å². The zero-order valence-electron chi connectivity index (χ0n) is 15.4. The van der Waals surface area contributed by atoms with Crippen molar-refractivity contribution in [3.05, 3.63) is 33.8 Å². The maximum atomic E-state index is 12.7. The highest BCUT2D eigenvalue weighted by Crippen LogP contribution is 2.23. The van der Waals surface area contributed by atoms with Crippen molar-refractivity contribution in [2.45, 2.75) is 46.1 Å². The fourth-order valence-electron chi connectivity index (χ4n) is 2.86. The number of likely N-dealkylation sites (tertiary alicyclic amines) is 1. The molecule has 1 saturated heterocycles. The number of piperidine rings is 1. The predicted octanol–water partition coefficient (Wildman–Crippen LogP) is 4.13. The minimum Gasteiger partial charge on any atom is -0.444 e. The number of benzene rings is 1. The van der Waals surface area contributed by atoms with Gasteiger partial charge in [0.05, 0.1) is 5.56 Å². The number of nitrogens with one attached hydrogen (secondary N) is 1. The highest BCUT2D eigenvalue weighted by molar-refractivity contribution is 9.10. The van der Waals surface area contributed by atoms with Crippen molar-refractivity contribution in [2.75, 3.05) is 19.6 Å². The van der Waals surface area contributed by atoms with Crippen LogP contribution >= 0.6 is 15.9 Å². The van der Waals surface area contributed by atoms with Crippen LogP contribution in [0.5, 0.6) is 0 Å². The van der Waals surface area contributed by atoms with Gasteiger partial charge in [0.25, 0.3) is 5.91 Å². The Labute approximate surface area is 158 Å². The molecule has 25 heavy (non-hydrogen) atoms. The van der Waals surface area contributed by atoms with Gasteiger partial charge in [-0.25, -0.2) is 4.79 Å². The molecule has 0 atom stereocenters. The van der Waals surface area contributed by atoms with E-state index in [0.717, 1.165) is 22.9 Å². The summed E-state index contributed by atoms with van der Waals surface area (Å²) in [5.41, 5.74) is 1.30. The molecule has 1 aliphatic heterocycles. The molecule has 1 aliphatic rings. The van der Waals surface area contributed by atoms with Gasteiger partial charge in [0.2, 0.25) is 0 Å². The lowest BCUT2D eigenvalue weighted by Crippen LogP contribution is -2.42. The lowest BCUT2D eigenvalue weighted by Gasteiger charge is -2.32. The fraction of sp³-hybridized carbons (Fsp3) is 0.579. The molecule has 0 aliphatic carbocycles. The molecule has 1 aromatic carbocycles. The van der Waals surface area contributed by atoms with Crippen molar-refractivity contribution in [1.82, 2.24) is 10.2 Å². The normalized spacial score (nSPS) is 15.8. The fourth-order valence-corrected chi connectivity index (χ4v) is 3.27. The molecule has 5 nitrogen and oxygen atoms in total. The first kappa shape index (κ1) is 19.8. The summed E-state index contributed by atoms with van der Waals surface area (Å²) < 4.78 is 6.08. The smallest absolute Gasteiger partial charge is 0.407 e. The molecule has 0 unspecified atom stereocenters. The van der Waals surface area contributed by atoms with Gasteiger partial charge in [-0.15, -0.1) is 0 Å². The summed E-state index contributed by atoms with van der Waals surface area (Å²) in [6.45, 7) is 9.53. The van der Waals surface area contributed by atoms with Crippen LogP contribution in [0.3, 0.4) is 0 Å². The highest BCUT2D eigenvalue weighted by atomic mass is 79.9. The number of alkyl carbamates (subject to hydrolysis) is 1. The van der Waals surface area contributed by atoms with Crippen LogP contribution in [0.2, 0.25) is 0 Å². The van der Waals surface area contributed by atoms with E-state index in [1.165, 1.54) is 0 Å². The molecule has 1 fully saturated rings. The van der Waals surface area contributed by atoms with Crippen LogP contribution in [0.25, 0.3) is 0 Å². The summed E-state index contributed by atoms with van der Waals surface area (Å²) in [5.74, 6) is 0.437. The van der Waals surface area contributed by atoms with Crippen LogP contribution in [0.15, 0.2) is 22.7 Å². The van der Waals surface area contributed by atoms with Crippen LogP contribution in [0.4, 0.5) is 4.79 Å². The van der Waals surface area contributed by atoms with E-state index in [2.05, 4.69) is 21.2 Å². The Morgan fingerprint density at radius 1 is 1.28 bits per heavy atom. The predicted molar refractivity (Wildman–Crippen MR) is 102 cm³/mol. The molecule has 2 amide bonds. The lowest BCUT2D eigenvalue weighted by molar-refractivity contribution is 0.0500. The number of nitrogens with zero attached hydrogens (tertiary/aromatic N) is 1. The zero-order valence-corrected chi connectivity index (χ0v) is 17.0. The number of hydrogen-bond donors (Lipinski definition) is 1.